The van der Waals surface area contributed by atoms with Crippen molar-refractivity contribution < 1.29 is 42.3 Å². The third-order valence-corrected chi connectivity index (χ3v) is 6.36. The summed E-state index contributed by atoms with van der Waals surface area (Å²) in [6.45, 7) is -4.73. The lowest BCUT2D eigenvalue weighted by Gasteiger charge is -2.17. The van der Waals surface area contributed by atoms with Gasteiger partial charge in [0.1, 0.15) is 18.0 Å². The topological polar surface area (TPSA) is 138 Å². The van der Waals surface area contributed by atoms with Crippen molar-refractivity contribution in [2.24, 2.45) is 0 Å². The Morgan fingerprint density at radius 2 is 2.17 bits per heavy atom. The van der Waals surface area contributed by atoms with Crippen LogP contribution in [0.4, 0.5) is 10.2 Å². The van der Waals surface area contributed by atoms with Gasteiger partial charge in [0.25, 0.3) is 0 Å². The Labute approximate surface area is 230 Å². The third kappa shape index (κ3) is 4.92. The number of aromatic nitrogens is 5. The SMILES string of the molecule is [2H]C([2H])(O)C([2H])([2H])O[C@@]1([2H])C([2H])([2H])[C@@]([2H])(n2nnc3c(N[C@@]4([2H])[C@H](c5ccc(C)c(F)c5)C4([2H])[2H])nc(SCCC)nc32)[C@]([2H])(O)[C@]1([2H])O. The van der Waals surface area contributed by atoms with Gasteiger partial charge in [-0.2, -0.15) is 0 Å². The van der Waals surface area contributed by atoms with Gasteiger partial charge < -0.3 is 25.4 Å². The van der Waals surface area contributed by atoms with Gasteiger partial charge in [0.15, 0.2) is 22.1 Å². The summed E-state index contributed by atoms with van der Waals surface area (Å²) in [5.41, 5.74) is -0.758. The molecule has 0 bridgehead atoms. The van der Waals surface area contributed by atoms with Crippen LogP contribution in [0.5, 0.6) is 0 Å². The molecule has 0 spiro atoms. The first-order valence-corrected chi connectivity index (χ1v) is 11.8. The Bertz CT molecular complexity index is 1820. The smallest absolute Gasteiger partial charge is 0.191 e. The van der Waals surface area contributed by atoms with Gasteiger partial charge in [0.2, 0.25) is 0 Å². The Kier molecular flexibility index (Phi) is 4.09. The van der Waals surface area contributed by atoms with E-state index in [4.69, 9.17) is 17.8 Å². The number of ether oxygens (including phenoxy) is 1. The van der Waals surface area contributed by atoms with E-state index in [9.17, 15) is 19.7 Å². The molecule has 10 nitrogen and oxygen atoms in total. The van der Waals surface area contributed by atoms with Crippen LogP contribution >= 0.6 is 11.8 Å². The second-order valence-electron chi connectivity index (χ2n) is 7.82. The molecule has 0 radical (unpaired) electrons. The highest BCUT2D eigenvalue weighted by molar-refractivity contribution is 7.99. The first-order valence-electron chi connectivity index (χ1n) is 17.3. The van der Waals surface area contributed by atoms with E-state index >= 15 is 0 Å². The van der Waals surface area contributed by atoms with Gasteiger partial charge in [0, 0.05) is 29.5 Å². The molecular weight excluding hydrogens is 487 g/mol. The Morgan fingerprint density at radius 1 is 1.33 bits per heavy atom. The molecule has 2 aliphatic carbocycles. The summed E-state index contributed by atoms with van der Waals surface area (Å²) in [5, 5.41) is 41.8. The fourth-order valence-electron chi connectivity index (χ4n) is 3.43. The molecule has 2 aromatic heterocycles. The van der Waals surface area contributed by atoms with Crippen LogP contribution in [0.3, 0.4) is 0 Å². The van der Waals surface area contributed by atoms with Gasteiger partial charge in [-0.25, -0.2) is 19.0 Å². The van der Waals surface area contributed by atoms with Crippen molar-refractivity contribution in [1.82, 2.24) is 25.0 Å². The van der Waals surface area contributed by atoms with Crippen LogP contribution in [0, 0.1) is 12.7 Å². The lowest BCUT2D eigenvalue weighted by molar-refractivity contribution is -0.0629. The molecule has 0 aliphatic heterocycles. The molecule has 3 aromatic rings. The van der Waals surface area contributed by atoms with Gasteiger partial charge >= 0.3 is 0 Å². The van der Waals surface area contributed by atoms with Crippen LogP contribution in [0.15, 0.2) is 23.4 Å². The van der Waals surface area contributed by atoms with Crippen LogP contribution in [0.2, 0.25) is 0 Å². The molecular formula is C24H31FN6O4S. The third-order valence-electron chi connectivity index (χ3n) is 5.31. The number of aliphatic hydroxyl groups is 3. The zero-order valence-corrected chi connectivity index (χ0v) is 19.8. The molecule has 2 fully saturated rings. The van der Waals surface area contributed by atoms with E-state index < -0.39 is 84.9 Å². The molecule has 4 N–H and O–H groups in total. The summed E-state index contributed by atoms with van der Waals surface area (Å²) in [6, 6.07) is -2.14. The number of hydrogen-bond acceptors (Lipinski definition) is 10. The van der Waals surface area contributed by atoms with Crippen molar-refractivity contribution >= 4 is 28.7 Å². The number of anilines is 1. The molecule has 12 heteroatoms. The summed E-state index contributed by atoms with van der Waals surface area (Å²) in [4.78, 5) is 8.48. The first-order chi connectivity index (χ1) is 22.1. The molecule has 194 valence electrons. The summed E-state index contributed by atoms with van der Waals surface area (Å²) in [5.74, 6) is -1.92. The van der Waals surface area contributed by atoms with Crippen LogP contribution in [0.1, 0.15) is 67.0 Å². The summed E-state index contributed by atoms with van der Waals surface area (Å²) < 4.78 is 127. The molecule has 0 saturated heterocycles. The first kappa shape index (κ1) is 14.0. The molecule has 2 heterocycles. The second kappa shape index (κ2) is 10.5. The largest absolute Gasteiger partial charge is 0.394 e. The highest BCUT2D eigenvalue weighted by atomic mass is 32.2. The van der Waals surface area contributed by atoms with Crippen LogP contribution < -0.4 is 5.32 Å². The minimum absolute atomic E-state index is 0.117. The number of fused-ring (bicyclic) bond motifs is 1. The maximum absolute atomic E-state index is 14.4. The predicted molar refractivity (Wildman–Crippen MR) is 133 cm³/mol. The van der Waals surface area contributed by atoms with Crippen molar-refractivity contribution in [3.05, 3.63) is 35.1 Å². The van der Waals surface area contributed by atoms with Gasteiger partial charge in [-0.1, -0.05) is 36.0 Å². The summed E-state index contributed by atoms with van der Waals surface area (Å²) in [6.07, 6.45) is -18.6. The van der Waals surface area contributed by atoms with Crippen molar-refractivity contribution in [3.63, 3.8) is 0 Å². The van der Waals surface area contributed by atoms with Crippen LogP contribution in [0.25, 0.3) is 11.2 Å². The summed E-state index contributed by atoms with van der Waals surface area (Å²) in [7, 11) is 0. The standard InChI is InChI=1S/C24H31FN6O4S/c1-3-8-36-24-27-22(26-16-10-14(16)13-5-4-12(2)15(25)9-13)19-23(28-24)31(30-29-19)17-11-18(35-7-6-32)21(34)20(17)33/h4-5,9,14,16-18,20-21,32-34H,3,6-8,10-11H2,1-2H3,(H,26,27,28)/t14-,16+,17+,18-,20-,21+/m0/s1/i6D2,7D2,10D2,11D2,16D,17D,18D,20D,21D. The van der Waals surface area contributed by atoms with Crippen molar-refractivity contribution in [2.45, 2.75) is 74.4 Å². The number of nitrogens with zero attached hydrogens (tertiary/aromatic N) is 5. The highest BCUT2D eigenvalue weighted by Gasteiger charge is 2.45. The maximum Gasteiger partial charge on any atom is 0.191 e. The van der Waals surface area contributed by atoms with Crippen molar-refractivity contribution in [3.8, 4) is 0 Å². The number of halogens is 1. The fraction of sp³-hybridized carbons (Fsp3) is 0.583. The Balaban J connectivity index is 1.69. The molecule has 2 aliphatic rings. The van der Waals surface area contributed by atoms with E-state index in [1.807, 2.05) is 6.92 Å². The average molecular weight is 532 g/mol. The normalized spacial score (nSPS) is 46.7. The van der Waals surface area contributed by atoms with Gasteiger partial charge in [-0.05, 0) is 36.9 Å². The minimum Gasteiger partial charge on any atom is -0.394 e. The van der Waals surface area contributed by atoms with Gasteiger partial charge in [0.05, 0.1) is 37.6 Å². The zero-order chi connectivity index (χ0) is 37.2. The molecule has 0 amide bonds. The molecule has 0 unspecified atom stereocenters. The Morgan fingerprint density at radius 3 is 2.92 bits per heavy atom. The van der Waals surface area contributed by atoms with E-state index in [0.29, 0.717) is 17.7 Å². The number of nitrogens with one attached hydrogen (secondary N) is 1. The molecule has 36 heavy (non-hydrogen) atoms. The van der Waals surface area contributed by atoms with Crippen LogP contribution in [-0.2, 0) is 4.74 Å². The predicted octanol–water partition coefficient (Wildman–Crippen LogP) is 2.18. The van der Waals surface area contributed by atoms with E-state index in [-0.39, 0.29) is 15.4 Å². The number of thioether (sulfide) groups is 1. The molecule has 1 aromatic carbocycles. The quantitative estimate of drug-likeness (QED) is 0.227. The number of benzene rings is 1. The van der Waals surface area contributed by atoms with E-state index in [1.165, 1.54) is 19.1 Å². The van der Waals surface area contributed by atoms with Crippen LogP contribution in [-0.4, -0.2) is 83.4 Å². The lowest BCUT2D eigenvalue weighted by atomic mass is 10.1. The van der Waals surface area contributed by atoms with Gasteiger partial charge in [-0.3, -0.25) is 0 Å². The lowest BCUT2D eigenvalue weighted by Crippen LogP contribution is -2.33. The highest BCUT2D eigenvalue weighted by Crippen LogP contribution is 2.44. The molecule has 2 saturated carbocycles. The average Bonchev–Trinajstić information content (AvgIpc) is 3.20. The maximum atomic E-state index is 14.4. The Hall–Kier alpha value is -2.38. The van der Waals surface area contributed by atoms with E-state index in [0.717, 1.165) is 17.8 Å². The molecule has 6 atom stereocenters. The number of rotatable bonds is 10. The second-order valence-corrected chi connectivity index (χ2v) is 8.88. The molecule has 5 rings (SSSR count). The monoisotopic (exact) mass is 531 g/mol. The fourth-order valence-corrected chi connectivity index (χ4v) is 4.12. The number of hydrogen-bond donors (Lipinski definition) is 4. The van der Waals surface area contributed by atoms with E-state index in [1.54, 1.807) is 0 Å². The number of aryl methyl sites for hydroxylation is 1. The van der Waals surface area contributed by atoms with Gasteiger partial charge in [-0.15, -0.1) is 5.10 Å². The zero-order valence-electron chi connectivity index (χ0n) is 32.0. The van der Waals surface area contributed by atoms with E-state index in [2.05, 4.69) is 30.3 Å². The minimum atomic E-state index is -4.32. The van der Waals surface area contributed by atoms with Crippen molar-refractivity contribution in [2.75, 3.05) is 24.2 Å². The van der Waals surface area contributed by atoms with Crippen molar-refractivity contribution in [1.29, 1.82) is 0 Å². The summed E-state index contributed by atoms with van der Waals surface area (Å²) >= 11 is 0.993.